The number of hydrogen-bond donors (Lipinski definition) is 1. The number of rotatable bonds is 3. The molecule has 2 aliphatic rings. The van der Waals surface area contributed by atoms with Gasteiger partial charge in [0.2, 0.25) is 11.8 Å². The molecule has 1 unspecified atom stereocenters. The Balaban J connectivity index is 1.76. The highest BCUT2D eigenvalue weighted by atomic mass is 16.4. The van der Waals surface area contributed by atoms with Crippen LogP contribution in [0.25, 0.3) is 0 Å². The summed E-state index contributed by atoms with van der Waals surface area (Å²) in [5.74, 6) is -3.79. The highest BCUT2D eigenvalue weighted by Gasteiger charge is 2.70. The molecular formula is C13H11NO4. The van der Waals surface area contributed by atoms with E-state index in [0.29, 0.717) is 0 Å². The second-order valence-corrected chi connectivity index (χ2v) is 4.66. The second kappa shape index (κ2) is 3.66. The Kier molecular flexibility index (Phi) is 2.23. The first-order valence-corrected chi connectivity index (χ1v) is 5.73. The van der Waals surface area contributed by atoms with E-state index in [-0.39, 0.29) is 18.4 Å². The van der Waals surface area contributed by atoms with Gasteiger partial charge in [-0.05, 0) is 5.56 Å². The van der Waals surface area contributed by atoms with Crippen LogP contribution >= 0.6 is 0 Å². The summed E-state index contributed by atoms with van der Waals surface area (Å²) in [6.45, 7) is 0.234. The number of piperidine rings is 1. The molecule has 0 bridgehead atoms. The molecule has 5 nitrogen and oxygen atoms in total. The molecule has 1 aliphatic heterocycles. The molecule has 92 valence electrons. The number of amides is 2. The summed E-state index contributed by atoms with van der Waals surface area (Å²) in [6, 6.07) is 9.19. The van der Waals surface area contributed by atoms with E-state index in [9.17, 15) is 14.4 Å². The summed E-state index contributed by atoms with van der Waals surface area (Å²) in [4.78, 5) is 35.8. The van der Waals surface area contributed by atoms with E-state index >= 15 is 0 Å². The number of likely N-dealkylation sites (tertiary alicyclic amines) is 1. The van der Waals surface area contributed by atoms with Gasteiger partial charge in [-0.25, -0.2) is 0 Å². The molecule has 1 aromatic carbocycles. The number of carbonyl (C=O) groups is 3. The van der Waals surface area contributed by atoms with E-state index in [0.717, 1.165) is 5.56 Å². The molecule has 1 aliphatic carbocycles. The number of hydrogen-bond acceptors (Lipinski definition) is 3. The summed E-state index contributed by atoms with van der Waals surface area (Å²) < 4.78 is 0. The highest BCUT2D eigenvalue weighted by molar-refractivity contribution is 6.13. The molecule has 2 amide bonds. The van der Waals surface area contributed by atoms with Gasteiger partial charge in [-0.3, -0.25) is 19.3 Å². The third kappa shape index (κ3) is 1.44. The minimum absolute atomic E-state index is 0.234. The van der Waals surface area contributed by atoms with Crippen LogP contribution in [0.5, 0.6) is 0 Å². The lowest BCUT2D eigenvalue weighted by Gasteiger charge is -2.17. The minimum atomic E-state index is -1.05. The summed E-state index contributed by atoms with van der Waals surface area (Å²) in [6.07, 6.45) is 0. The zero-order valence-corrected chi connectivity index (χ0v) is 9.45. The topological polar surface area (TPSA) is 74.7 Å². The number of carbonyl (C=O) groups excluding carboxylic acids is 2. The Labute approximate surface area is 103 Å². The Hall–Kier alpha value is -2.17. The van der Waals surface area contributed by atoms with Gasteiger partial charge in [-0.15, -0.1) is 0 Å². The first kappa shape index (κ1) is 11.0. The summed E-state index contributed by atoms with van der Waals surface area (Å²) >= 11 is 0. The molecule has 3 atom stereocenters. The zero-order valence-electron chi connectivity index (χ0n) is 9.45. The van der Waals surface area contributed by atoms with Crippen LogP contribution in [0.1, 0.15) is 5.56 Å². The van der Waals surface area contributed by atoms with Gasteiger partial charge in [0.05, 0.1) is 24.3 Å². The Morgan fingerprint density at radius 2 is 1.67 bits per heavy atom. The maximum atomic E-state index is 11.9. The largest absolute Gasteiger partial charge is 0.481 e. The summed E-state index contributed by atoms with van der Waals surface area (Å²) in [7, 11) is 0. The fourth-order valence-corrected chi connectivity index (χ4v) is 2.62. The Morgan fingerprint density at radius 3 is 2.17 bits per heavy atom. The van der Waals surface area contributed by atoms with Crippen LogP contribution in [-0.4, -0.2) is 27.8 Å². The average Bonchev–Trinajstić information content (AvgIpc) is 3.05. The lowest BCUT2D eigenvalue weighted by Crippen LogP contribution is -2.35. The van der Waals surface area contributed by atoms with Crippen LogP contribution in [0.4, 0.5) is 0 Å². The summed E-state index contributed by atoms with van der Waals surface area (Å²) in [5, 5.41) is 8.85. The normalized spacial score (nSPS) is 29.3. The molecule has 1 heterocycles. The van der Waals surface area contributed by atoms with Gasteiger partial charge in [0.1, 0.15) is 0 Å². The maximum absolute atomic E-state index is 11.9. The van der Waals surface area contributed by atoms with Crippen molar-refractivity contribution in [3.05, 3.63) is 35.9 Å². The average molecular weight is 245 g/mol. The van der Waals surface area contributed by atoms with Crippen molar-refractivity contribution in [2.24, 2.45) is 17.8 Å². The first-order chi connectivity index (χ1) is 8.61. The third-order valence-corrected chi connectivity index (χ3v) is 3.59. The second-order valence-electron chi connectivity index (χ2n) is 4.66. The minimum Gasteiger partial charge on any atom is -0.481 e. The van der Waals surface area contributed by atoms with E-state index in [1.54, 1.807) is 0 Å². The molecular weight excluding hydrogens is 234 g/mol. The number of carboxylic acids is 1. The molecule has 0 aromatic heterocycles. The van der Waals surface area contributed by atoms with Crippen molar-refractivity contribution in [2.45, 2.75) is 6.54 Å². The van der Waals surface area contributed by atoms with Crippen molar-refractivity contribution in [3.8, 4) is 0 Å². The monoisotopic (exact) mass is 245 g/mol. The predicted octanol–water partition coefficient (Wildman–Crippen LogP) is 0.502. The van der Waals surface area contributed by atoms with Gasteiger partial charge in [0, 0.05) is 0 Å². The molecule has 2 fully saturated rings. The molecule has 1 aromatic rings. The van der Waals surface area contributed by atoms with Crippen molar-refractivity contribution >= 4 is 17.8 Å². The molecule has 18 heavy (non-hydrogen) atoms. The third-order valence-electron chi connectivity index (χ3n) is 3.59. The van der Waals surface area contributed by atoms with Crippen LogP contribution in [0, 0.1) is 17.8 Å². The fraction of sp³-hybridized carbons (Fsp3) is 0.308. The van der Waals surface area contributed by atoms with E-state index in [1.165, 1.54) is 4.90 Å². The van der Waals surface area contributed by atoms with Crippen LogP contribution in [0.2, 0.25) is 0 Å². The number of imide groups is 1. The smallest absolute Gasteiger partial charge is 0.308 e. The maximum Gasteiger partial charge on any atom is 0.308 e. The van der Waals surface area contributed by atoms with Crippen molar-refractivity contribution in [1.29, 1.82) is 0 Å². The lowest BCUT2D eigenvalue weighted by molar-refractivity contribution is -0.149. The number of fused-ring (bicyclic) bond motifs is 1. The standard InChI is InChI=1S/C13H11NO4/c15-11-8-9(10(8)13(17)18)12(16)14(11)6-7-4-2-1-3-5-7/h1-5,8-10H,6H2,(H,17,18)/t8-,9+,10?. The van der Waals surface area contributed by atoms with Gasteiger partial charge < -0.3 is 5.11 Å². The number of nitrogens with zero attached hydrogens (tertiary/aromatic N) is 1. The van der Waals surface area contributed by atoms with Gasteiger partial charge in [-0.2, -0.15) is 0 Å². The van der Waals surface area contributed by atoms with Gasteiger partial charge in [0.15, 0.2) is 0 Å². The van der Waals surface area contributed by atoms with Gasteiger partial charge in [-0.1, -0.05) is 30.3 Å². The van der Waals surface area contributed by atoms with Crippen molar-refractivity contribution < 1.29 is 19.5 Å². The molecule has 0 spiro atoms. The quantitative estimate of drug-likeness (QED) is 0.787. The van der Waals surface area contributed by atoms with Crippen molar-refractivity contribution in [3.63, 3.8) is 0 Å². The summed E-state index contributed by atoms with van der Waals surface area (Å²) in [5.41, 5.74) is 0.868. The van der Waals surface area contributed by atoms with E-state index in [2.05, 4.69) is 0 Å². The van der Waals surface area contributed by atoms with Crippen molar-refractivity contribution in [2.75, 3.05) is 0 Å². The molecule has 5 heteroatoms. The van der Waals surface area contributed by atoms with Crippen LogP contribution in [0.3, 0.4) is 0 Å². The molecule has 3 rings (SSSR count). The number of carboxylic acid groups (broad SMARTS) is 1. The van der Waals surface area contributed by atoms with Gasteiger partial charge >= 0.3 is 5.97 Å². The molecule has 0 radical (unpaired) electrons. The van der Waals surface area contributed by atoms with E-state index in [4.69, 9.17) is 5.11 Å². The molecule has 1 N–H and O–H groups in total. The van der Waals surface area contributed by atoms with E-state index in [1.807, 2.05) is 30.3 Å². The van der Waals surface area contributed by atoms with Crippen LogP contribution < -0.4 is 0 Å². The molecule has 1 saturated carbocycles. The number of benzene rings is 1. The van der Waals surface area contributed by atoms with E-state index < -0.39 is 23.7 Å². The number of aliphatic carboxylic acids is 1. The Morgan fingerprint density at radius 1 is 1.11 bits per heavy atom. The van der Waals surface area contributed by atoms with Gasteiger partial charge in [0.25, 0.3) is 0 Å². The lowest BCUT2D eigenvalue weighted by atomic mass is 10.2. The molecule has 1 saturated heterocycles. The van der Waals surface area contributed by atoms with Crippen LogP contribution in [-0.2, 0) is 20.9 Å². The Bertz CT molecular complexity index is 517. The fourth-order valence-electron chi connectivity index (χ4n) is 2.62. The van der Waals surface area contributed by atoms with Crippen LogP contribution in [0.15, 0.2) is 30.3 Å². The zero-order chi connectivity index (χ0) is 12.9. The first-order valence-electron chi connectivity index (χ1n) is 5.73. The SMILES string of the molecule is O=C(O)C1[C@H]2C(=O)N(Cc3ccccc3)C(=O)[C@@H]12. The van der Waals surface area contributed by atoms with Crippen molar-refractivity contribution in [1.82, 2.24) is 4.90 Å². The predicted molar refractivity (Wildman–Crippen MR) is 60.1 cm³/mol. The highest BCUT2D eigenvalue weighted by Crippen LogP contribution is 2.53.